The molecule has 0 saturated heterocycles. The zero-order chi connectivity index (χ0) is 15.9. The number of aromatic nitrogens is 4. The van der Waals surface area contributed by atoms with E-state index in [1.807, 2.05) is 6.07 Å². The minimum absolute atomic E-state index is 0.120. The number of carbonyl (C=O) groups excluding carboxylic acids is 1. The molecule has 0 aliphatic carbocycles. The van der Waals surface area contributed by atoms with Gasteiger partial charge >= 0.3 is 0 Å². The van der Waals surface area contributed by atoms with Gasteiger partial charge in [0.2, 0.25) is 11.8 Å². The van der Waals surface area contributed by atoms with Crippen LogP contribution in [0.3, 0.4) is 0 Å². The van der Waals surface area contributed by atoms with Gasteiger partial charge in [-0.15, -0.1) is 0 Å². The average Bonchev–Trinajstić information content (AvgIpc) is 2.87. The molecule has 0 radical (unpaired) electrons. The highest BCUT2D eigenvalue weighted by Gasteiger charge is 2.10. The molecule has 22 heavy (non-hydrogen) atoms. The molecule has 0 bridgehead atoms. The van der Waals surface area contributed by atoms with Gasteiger partial charge in [0, 0.05) is 25.2 Å². The summed E-state index contributed by atoms with van der Waals surface area (Å²) in [6.45, 7) is 2.62. The van der Waals surface area contributed by atoms with Crippen molar-refractivity contribution in [3.05, 3.63) is 34.5 Å². The monoisotopic (exact) mass is 321 g/mol. The Kier molecular flexibility index (Phi) is 5.65. The van der Waals surface area contributed by atoms with Gasteiger partial charge in [-0.2, -0.15) is 5.10 Å². The van der Waals surface area contributed by atoms with Crippen LogP contribution < -0.4 is 10.1 Å². The SMILES string of the molecule is CCCc1n[nH]c(=S)n1CC(=O)NCc1ccnc(OC)c1. The third kappa shape index (κ3) is 4.14. The highest BCUT2D eigenvalue weighted by atomic mass is 32.1. The highest BCUT2D eigenvalue weighted by molar-refractivity contribution is 7.71. The summed E-state index contributed by atoms with van der Waals surface area (Å²) in [5.41, 5.74) is 0.921. The number of rotatable bonds is 7. The van der Waals surface area contributed by atoms with Crippen molar-refractivity contribution in [2.24, 2.45) is 0 Å². The molecule has 2 rings (SSSR count). The van der Waals surface area contributed by atoms with E-state index in [4.69, 9.17) is 17.0 Å². The van der Waals surface area contributed by atoms with Crippen molar-refractivity contribution in [3.63, 3.8) is 0 Å². The lowest BCUT2D eigenvalue weighted by Gasteiger charge is -2.08. The topological polar surface area (TPSA) is 84.8 Å². The van der Waals surface area contributed by atoms with Crippen LogP contribution in [0.2, 0.25) is 0 Å². The molecule has 0 saturated carbocycles. The largest absolute Gasteiger partial charge is 0.481 e. The first-order valence-electron chi connectivity index (χ1n) is 7.03. The van der Waals surface area contributed by atoms with Gasteiger partial charge in [-0.1, -0.05) is 6.92 Å². The van der Waals surface area contributed by atoms with Gasteiger partial charge in [0.25, 0.3) is 0 Å². The summed E-state index contributed by atoms with van der Waals surface area (Å²) in [7, 11) is 1.56. The van der Waals surface area contributed by atoms with Crippen molar-refractivity contribution in [2.45, 2.75) is 32.9 Å². The van der Waals surface area contributed by atoms with E-state index in [-0.39, 0.29) is 12.5 Å². The Morgan fingerprint density at radius 1 is 1.55 bits per heavy atom. The van der Waals surface area contributed by atoms with Crippen LogP contribution in [-0.2, 0) is 24.3 Å². The second-order valence-corrected chi connectivity index (χ2v) is 5.15. The van der Waals surface area contributed by atoms with E-state index in [0.29, 0.717) is 17.2 Å². The summed E-state index contributed by atoms with van der Waals surface area (Å²) in [6, 6.07) is 3.61. The number of nitrogens with zero attached hydrogens (tertiary/aromatic N) is 3. The summed E-state index contributed by atoms with van der Waals surface area (Å²) in [6.07, 6.45) is 3.37. The average molecular weight is 321 g/mol. The molecular weight excluding hydrogens is 302 g/mol. The predicted molar refractivity (Wildman–Crippen MR) is 84.0 cm³/mol. The molecule has 0 unspecified atom stereocenters. The smallest absolute Gasteiger partial charge is 0.240 e. The Hall–Kier alpha value is -2.22. The molecular formula is C14H19N5O2S. The van der Waals surface area contributed by atoms with E-state index < -0.39 is 0 Å². The van der Waals surface area contributed by atoms with Crippen molar-refractivity contribution < 1.29 is 9.53 Å². The number of hydrogen-bond acceptors (Lipinski definition) is 5. The Labute approximate surface area is 133 Å². The van der Waals surface area contributed by atoms with Crippen LogP contribution in [0.15, 0.2) is 18.3 Å². The first-order valence-corrected chi connectivity index (χ1v) is 7.44. The second-order valence-electron chi connectivity index (χ2n) is 4.76. The maximum Gasteiger partial charge on any atom is 0.240 e. The number of pyridine rings is 1. The fraction of sp³-hybridized carbons (Fsp3) is 0.429. The maximum absolute atomic E-state index is 12.1. The Balaban J connectivity index is 1.95. The fourth-order valence-corrected chi connectivity index (χ4v) is 2.22. The predicted octanol–water partition coefficient (Wildman–Crippen LogP) is 1.61. The standard InChI is InChI=1S/C14H19N5O2S/c1-3-4-11-17-18-14(22)19(11)9-12(20)16-8-10-5-6-15-13(7-10)21-2/h5-7H,3-4,8-9H2,1-2H3,(H,16,20)(H,18,22). The lowest BCUT2D eigenvalue weighted by atomic mass is 10.2. The molecule has 0 aliphatic rings. The first kappa shape index (κ1) is 16.2. The molecule has 2 aromatic rings. The summed E-state index contributed by atoms with van der Waals surface area (Å²) in [5.74, 6) is 1.20. The quantitative estimate of drug-likeness (QED) is 0.757. The molecule has 0 aromatic carbocycles. The van der Waals surface area contributed by atoms with E-state index >= 15 is 0 Å². The van der Waals surface area contributed by atoms with Crippen molar-refractivity contribution in [1.29, 1.82) is 0 Å². The molecule has 0 atom stereocenters. The molecule has 2 aromatic heterocycles. The second kappa shape index (κ2) is 7.69. The van der Waals surface area contributed by atoms with Crippen molar-refractivity contribution >= 4 is 18.1 Å². The van der Waals surface area contributed by atoms with Gasteiger partial charge in [-0.3, -0.25) is 14.5 Å². The van der Waals surface area contributed by atoms with Gasteiger partial charge in [-0.25, -0.2) is 4.98 Å². The Bertz CT molecular complexity index is 695. The van der Waals surface area contributed by atoms with Crippen LogP contribution in [0.25, 0.3) is 0 Å². The molecule has 2 heterocycles. The van der Waals surface area contributed by atoms with Crippen LogP contribution in [-0.4, -0.2) is 32.8 Å². The molecule has 118 valence electrons. The number of hydrogen-bond donors (Lipinski definition) is 2. The molecule has 8 heteroatoms. The van der Waals surface area contributed by atoms with Crippen LogP contribution in [0.1, 0.15) is 24.7 Å². The van der Waals surface area contributed by atoms with Crippen LogP contribution in [0.4, 0.5) is 0 Å². The zero-order valence-corrected chi connectivity index (χ0v) is 13.4. The third-order valence-corrected chi connectivity index (χ3v) is 3.42. The number of aryl methyl sites for hydroxylation is 1. The highest BCUT2D eigenvalue weighted by Crippen LogP contribution is 2.08. The summed E-state index contributed by atoms with van der Waals surface area (Å²) in [5, 5.41) is 9.72. The van der Waals surface area contributed by atoms with Gasteiger partial charge in [0.15, 0.2) is 4.77 Å². The number of H-pyrrole nitrogens is 1. The summed E-state index contributed by atoms with van der Waals surface area (Å²) < 4.78 is 7.24. The van der Waals surface area contributed by atoms with Crippen LogP contribution >= 0.6 is 12.2 Å². The molecule has 2 N–H and O–H groups in total. The molecule has 0 fully saturated rings. The van der Waals surface area contributed by atoms with Crippen LogP contribution in [0, 0.1) is 4.77 Å². The van der Waals surface area contributed by atoms with Gasteiger partial charge in [-0.05, 0) is 30.3 Å². The lowest BCUT2D eigenvalue weighted by Crippen LogP contribution is -2.28. The normalized spacial score (nSPS) is 10.5. The minimum atomic E-state index is -0.120. The van der Waals surface area contributed by atoms with Crippen molar-refractivity contribution in [1.82, 2.24) is 25.1 Å². The number of aromatic amines is 1. The van der Waals surface area contributed by atoms with E-state index in [2.05, 4.69) is 27.4 Å². The van der Waals surface area contributed by atoms with Crippen molar-refractivity contribution in [3.8, 4) is 5.88 Å². The van der Waals surface area contributed by atoms with Gasteiger partial charge in [0.1, 0.15) is 12.4 Å². The number of methoxy groups -OCH3 is 1. The number of ether oxygens (including phenoxy) is 1. The number of nitrogens with one attached hydrogen (secondary N) is 2. The van der Waals surface area contributed by atoms with E-state index in [0.717, 1.165) is 24.2 Å². The van der Waals surface area contributed by atoms with E-state index in [1.165, 1.54) is 0 Å². The van der Waals surface area contributed by atoms with Gasteiger partial charge < -0.3 is 10.1 Å². The van der Waals surface area contributed by atoms with Gasteiger partial charge in [0.05, 0.1) is 7.11 Å². The fourth-order valence-electron chi connectivity index (χ4n) is 2.00. The van der Waals surface area contributed by atoms with E-state index in [1.54, 1.807) is 23.9 Å². The summed E-state index contributed by atoms with van der Waals surface area (Å²) in [4.78, 5) is 16.1. The van der Waals surface area contributed by atoms with Crippen LogP contribution in [0.5, 0.6) is 5.88 Å². The first-order chi connectivity index (χ1) is 10.6. The summed E-state index contributed by atoms with van der Waals surface area (Å²) >= 11 is 5.16. The molecule has 0 aliphatic heterocycles. The molecule has 7 nitrogen and oxygen atoms in total. The van der Waals surface area contributed by atoms with E-state index in [9.17, 15) is 4.79 Å². The number of carbonyl (C=O) groups is 1. The van der Waals surface area contributed by atoms with Crippen molar-refractivity contribution in [2.75, 3.05) is 7.11 Å². The number of amides is 1. The Morgan fingerprint density at radius 3 is 3.09 bits per heavy atom. The zero-order valence-electron chi connectivity index (χ0n) is 12.6. The molecule has 0 spiro atoms. The maximum atomic E-state index is 12.1. The third-order valence-electron chi connectivity index (χ3n) is 3.11. The minimum Gasteiger partial charge on any atom is -0.481 e. The Morgan fingerprint density at radius 2 is 2.36 bits per heavy atom. The lowest BCUT2D eigenvalue weighted by molar-refractivity contribution is -0.121. The molecule has 1 amide bonds.